The van der Waals surface area contributed by atoms with E-state index >= 15 is 0 Å². The van der Waals surface area contributed by atoms with Crippen molar-refractivity contribution in [3.05, 3.63) is 18.1 Å². The van der Waals surface area contributed by atoms with Gasteiger partial charge in [-0.25, -0.2) is 9.97 Å². The molecule has 4 heteroatoms. The van der Waals surface area contributed by atoms with Crippen molar-refractivity contribution in [1.82, 2.24) is 14.9 Å². The Hall–Kier alpha value is -1.16. The minimum absolute atomic E-state index is 0.754. The van der Waals surface area contributed by atoms with Crippen LogP contribution in [0.25, 0.3) is 0 Å². The summed E-state index contributed by atoms with van der Waals surface area (Å²) in [6.45, 7) is 5.60. The number of likely N-dealkylation sites (tertiary alicyclic amines) is 1. The van der Waals surface area contributed by atoms with E-state index in [-0.39, 0.29) is 0 Å². The number of hydrogen-bond donors (Lipinski definition) is 1. The van der Waals surface area contributed by atoms with Gasteiger partial charge < -0.3 is 10.2 Å². The summed E-state index contributed by atoms with van der Waals surface area (Å²) in [4.78, 5) is 10.9. The highest BCUT2D eigenvalue weighted by Crippen LogP contribution is 2.15. The van der Waals surface area contributed by atoms with Crippen LogP contribution in [0.4, 0.5) is 5.82 Å². The molecule has 0 saturated carbocycles. The zero-order valence-electron chi connectivity index (χ0n) is 10.8. The van der Waals surface area contributed by atoms with Gasteiger partial charge in [0.15, 0.2) is 0 Å². The lowest BCUT2D eigenvalue weighted by molar-refractivity contribution is 0.399. The van der Waals surface area contributed by atoms with E-state index in [0.29, 0.717) is 0 Å². The third-order valence-corrected chi connectivity index (χ3v) is 3.29. The van der Waals surface area contributed by atoms with Gasteiger partial charge in [0.1, 0.15) is 12.1 Å². The molecule has 1 N–H and O–H groups in total. The molecule has 1 aliphatic heterocycles. The molecule has 0 aliphatic carbocycles. The Kier molecular flexibility index (Phi) is 4.31. The van der Waals surface area contributed by atoms with E-state index in [1.165, 1.54) is 19.5 Å². The summed E-state index contributed by atoms with van der Waals surface area (Å²) in [5, 5.41) is 3.43. The fraction of sp³-hybridized carbons (Fsp3) is 0.692. The Morgan fingerprint density at radius 1 is 1.47 bits per heavy atom. The van der Waals surface area contributed by atoms with Crippen LogP contribution in [0.1, 0.15) is 25.5 Å². The molecule has 0 bridgehead atoms. The molecule has 2 heterocycles. The Balaban J connectivity index is 1.83. The van der Waals surface area contributed by atoms with Crippen LogP contribution in [-0.2, 0) is 6.42 Å². The van der Waals surface area contributed by atoms with Gasteiger partial charge in [-0.3, -0.25) is 0 Å². The quantitative estimate of drug-likeness (QED) is 0.843. The number of hydrogen-bond acceptors (Lipinski definition) is 4. The SMILES string of the molecule is CCCc1cc(NCC2CCN(C)C2)ncn1. The van der Waals surface area contributed by atoms with Gasteiger partial charge in [-0.05, 0) is 32.4 Å². The minimum atomic E-state index is 0.754. The molecule has 2 rings (SSSR count). The number of aromatic nitrogens is 2. The van der Waals surface area contributed by atoms with Gasteiger partial charge in [-0.15, -0.1) is 0 Å². The predicted octanol–water partition coefficient (Wildman–Crippen LogP) is 1.79. The second-order valence-electron chi connectivity index (χ2n) is 4.94. The van der Waals surface area contributed by atoms with Gasteiger partial charge in [0.05, 0.1) is 0 Å². The minimum Gasteiger partial charge on any atom is -0.370 e. The molecule has 1 atom stereocenters. The van der Waals surface area contributed by atoms with E-state index in [2.05, 4.69) is 40.2 Å². The van der Waals surface area contributed by atoms with Crippen molar-refractivity contribution in [2.45, 2.75) is 26.2 Å². The van der Waals surface area contributed by atoms with Gasteiger partial charge in [0, 0.05) is 24.8 Å². The highest BCUT2D eigenvalue weighted by molar-refractivity contribution is 5.34. The summed E-state index contributed by atoms with van der Waals surface area (Å²) in [5.41, 5.74) is 1.13. The summed E-state index contributed by atoms with van der Waals surface area (Å²) in [5.74, 6) is 1.72. The second kappa shape index (κ2) is 5.96. The normalized spacial score (nSPS) is 20.7. The lowest BCUT2D eigenvalue weighted by Gasteiger charge is -2.12. The lowest BCUT2D eigenvalue weighted by atomic mass is 10.1. The van der Waals surface area contributed by atoms with Crippen LogP contribution in [0, 0.1) is 5.92 Å². The molecule has 94 valence electrons. The lowest BCUT2D eigenvalue weighted by Crippen LogP contribution is -2.19. The van der Waals surface area contributed by atoms with Crippen molar-refractivity contribution in [1.29, 1.82) is 0 Å². The van der Waals surface area contributed by atoms with Gasteiger partial charge in [0.25, 0.3) is 0 Å². The molecule has 1 aromatic rings. The van der Waals surface area contributed by atoms with E-state index < -0.39 is 0 Å². The maximum absolute atomic E-state index is 4.27. The van der Waals surface area contributed by atoms with Crippen LogP contribution in [0.5, 0.6) is 0 Å². The van der Waals surface area contributed by atoms with Crippen molar-refractivity contribution < 1.29 is 0 Å². The molecular formula is C13H22N4. The number of nitrogens with one attached hydrogen (secondary N) is 1. The van der Waals surface area contributed by atoms with E-state index in [0.717, 1.165) is 36.8 Å². The molecule has 1 unspecified atom stereocenters. The summed E-state index contributed by atoms with van der Waals surface area (Å²) >= 11 is 0. The molecule has 1 fully saturated rings. The Morgan fingerprint density at radius 2 is 2.35 bits per heavy atom. The maximum Gasteiger partial charge on any atom is 0.129 e. The Bertz CT molecular complexity index is 353. The number of rotatable bonds is 5. The molecule has 0 radical (unpaired) electrons. The van der Waals surface area contributed by atoms with Crippen molar-refractivity contribution >= 4 is 5.82 Å². The molecule has 0 aromatic carbocycles. The summed E-state index contributed by atoms with van der Waals surface area (Å²) in [6, 6.07) is 2.07. The average Bonchev–Trinajstić information content (AvgIpc) is 2.74. The highest BCUT2D eigenvalue weighted by Gasteiger charge is 2.18. The van der Waals surface area contributed by atoms with E-state index in [4.69, 9.17) is 0 Å². The Labute approximate surface area is 103 Å². The first-order chi connectivity index (χ1) is 8.28. The van der Waals surface area contributed by atoms with E-state index in [1.807, 2.05) is 0 Å². The van der Waals surface area contributed by atoms with Gasteiger partial charge in [-0.2, -0.15) is 0 Å². The van der Waals surface area contributed by atoms with Gasteiger partial charge in [-0.1, -0.05) is 13.3 Å². The fourth-order valence-corrected chi connectivity index (χ4v) is 2.33. The Morgan fingerprint density at radius 3 is 3.06 bits per heavy atom. The van der Waals surface area contributed by atoms with Crippen molar-refractivity contribution in [2.75, 3.05) is 32.0 Å². The third-order valence-electron chi connectivity index (χ3n) is 3.29. The summed E-state index contributed by atoms with van der Waals surface area (Å²) in [6.07, 6.45) is 5.11. The van der Waals surface area contributed by atoms with Crippen molar-refractivity contribution in [3.63, 3.8) is 0 Å². The van der Waals surface area contributed by atoms with Crippen molar-refractivity contribution in [2.24, 2.45) is 5.92 Å². The maximum atomic E-state index is 4.27. The molecule has 0 amide bonds. The van der Waals surface area contributed by atoms with Crippen LogP contribution in [0.15, 0.2) is 12.4 Å². The first kappa shape index (κ1) is 12.3. The smallest absolute Gasteiger partial charge is 0.129 e. The summed E-state index contributed by atoms with van der Waals surface area (Å²) < 4.78 is 0. The molecule has 1 saturated heterocycles. The zero-order valence-corrected chi connectivity index (χ0v) is 10.8. The zero-order chi connectivity index (χ0) is 12.1. The number of anilines is 1. The van der Waals surface area contributed by atoms with Gasteiger partial charge >= 0.3 is 0 Å². The molecule has 1 aromatic heterocycles. The van der Waals surface area contributed by atoms with Crippen LogP contribution in [0.2, 0.25) is 0 Å². The van der Waals surface area contributed by atoms with Crippen LogP contribution >= 0.6 is 0 Å². The monoisotopic (exact) mass is 234 g/mol. The molecular weight excluding hydrogens is 212 g/mol. The fourth-order valence-electron chi connectivity index (χ4n) is 2.33. The molecule has 4 nitrogen and oxygen atoms in total. The van der Waals surface area contributed by atoms with Gasteiger partial charge in [0.2, 0.25) is 0 Å². The standard InChI is InChI=1S/C13H22N4/c1-3-4-12-7-13(16-10-15-12)14-8-11-5-6-17(2)9-11/h7,10-11H,3-6,8-9H2,1-2H3,(H,14,15,16). The molecule has 0 spiro atoms. The van der Waals surface area contributed by atoms with Crippen molar-refractivity contribution in [3.8, 4) is 0 Å². The second-order valence-corrected chi connectivity index (χ2v) is 4.94. The third kappa shape index (κ3) is 3.66. The summed E-state index contributed by atoms with van der Waals surface area (Å²) in [7, 11) is 2.18. The number of aryl methyl sites for hydroxylation is 1. The highest BCUT2D eigenvalue weighted by atomic mass is 15.1. The topological polar surface area (TPSA) is 41.0 Å². The first-order valence-corrected chi connectivity index (χ1v) is 6.51. The predicted molar refractivity (Wildman–Crippen MR) is 70.1 cm³/mol. The first-order valence-electron chi connectivity index (χ1n) is 6.51. The average molecular weight is 234 g/mol. The van der Waals surface area contributed by atoms with E-state index in [1.54, 1.807) is 6.33 Å². The molecule has 1 aliphatic rings. The van der Waals surface area contributed by atoms with Crippen LogP contribution in [0.3, 0.4) is 0 Å². The van der Waals surface area contributed by atoms with Crippen LogP contribution in [-0.4, -0.2) is 41.5 Å². The van der Waals surface area contributed by atoms with Crippen LogP contribution < -0.4 is 5.32 Å². The largest absolute Gasteiger partial charge is 0.370 e. The number of nitrogens with zero attached hydrogens (tertiary/aromatic N) is 3. The van der Waals surface area contributed by atoms with E-state index in [9.17, 15) is 0 Å². The molecule has 17 heavy (non-hydrogen) atoms.